The number of hydrogen-bond acceptors (Lipinski definition) is 3. The second-order valence-corrected chi connectivity index (χ2v) is 5.73. The first-order chi connectivity index (χ1) is 10.6. The number of carboxylic acids is 1. The lowest BCUT2D eigenvalue weighted by atomic mass is 9.81. The van der Waals surface area contributed by atoms with Crippen molar-refractivity contribution in [1.82, 2.24) is 0 Å². The first kappa shape index (κ1) is 14.7. The lowest BCUT2D eigenvalue weighted by Gasteiger charge is -2.32. The lowest BCUT2D eigenvalue weighted by molar-refractivity contribution is -0.138. The highest BCUT2D eigenvalue weighted by Gasteiger charge is 2.33. The Balaban J connectivity index is 2.13. The molecule has 0 spiro atoms. The molecule has 0 fully saturated rings. The molecule has 0 radical (unpaired) electrons. The molecule has 4 nitrogen and oxygen atoms in total. The highest BCUT2D eigenvalue weighted by Crippen LogP contribution is 2.42. The predicted molar refractivity (Wildman–Crippen MR) is 86.0 cm³/mol. The summed E-state index contributed by atoms with van der Waals surface area (Å²) in [5.41, 5.74) is 2.77. The zero-order valence-electron chi connectivity index (χ0n) is 12.0. The molecule has 2 aromatic carbocycles. The van der Waals surface area contributed by atoms with E-state index in [4.69, 9.17) is 16.3 Å². The molecule has 5 heteroatoms. The Morgan fingerprint density at radius 1 is 1.27 bits per heavy atom. The zero-order chi connectivity index (χ0) is 15.7. The number of para-hydroxylation sites is 1. The molecule has 22 heavy (non-hydrogen) atoms. The van der Waals surface area contributed by atoms with Crippen LogP contribution in [-0.4, -0.2) is 24.2 Å². The summed E-state index contributed by atoms with van der Waals surface area (Å²) >= 11 is 6.13. The maximum atomic E-state index is 11.4. The fourth-order valence-electron chi connectivity index (χ4n) is 2.97. The molecule has 0 bridgehead atoms. The zero-order valence-corrected chi connectivity index (χ0v) is 12.8. The number of rotatable bonds is 3. The summed E-state index contributed by atoms with van der Waals surface area (Å²) in [6, 6.07) is 12.5. The minimum Gasteiger partial charge on any atom is -0.496 e. The van der Waals surface area contributed by atoms with Crippen LogP contribution in [0.2, 0.25) is 5.02 Å². The molecular weight excluding hydrogens is 302 g/mol. The van der Waals surface area contributed by atoms with E-state index in [1.54, 1.807) is 13.2 Å². The quantitative estimate of drug-likeness (QED) is 0.905. The molecule has 0 amide bonds. The minimum absolute atomic E-state index is 0.0767. The van der Waals surface area contributed by atoms with E-state index in [1.807, 2.05) is 36.4 Å². The highest BCUT2D eigenvalue weighted by molar-refractivity contribution is 6.30. The van der Waals surface area contributed by atoms with E-state index in [2.05, 4.69) is 5.32 Å². The number of nitrogens with one attached hydrogen (secondary N) is 1. The van der Waals surface area contributed by atoms with Gasteiger partial charge in [0, 0.05) is 22.2 Å². The van der Waals surface area contributed by atoms with E-state index in [1.165, 1.54) is 0 Å². The van der Waals surface area contributed by atoms with Crippen LogP contribution in [0.4, 0.5) is 5.69 Å². The number of fused-ring (bicyclic) bond motifs is 1. The highest BCUT2D eigenvalue weighted by atomic mass is 35.5. The van der Waals surface area contributed by atoms with Crippen molar-refractivity contribution in [3.05, 3.63) is 58.6 Å². The van der Waals surface area contributed by atoms with Crippen molar-refractivity contribution in [1.29, 1.82) is 0 Å². The van der Waals surface area contributed by atoms with E-state index >= 15 is 0 Å². The first-order valence-corrected chi connectivity index (χ1v) is 7.39. The average Bonchev–Trinajstić information content (AvgIpc) is 2.53. The van der Waals surface area contributed by atoms with E-state index in [0.29, 0.717) is 11.4 Å². The molecule has 3 rings (SSSR count). The van der Waals surface area contributed by atoms with Crippen LogP contribution in [0, 0.1) is 0 Å². The topological polar surface area (TPSA) is 58.6 Å². The number of hydrogen-bond donors (Lipinski definition) is 2. The molecule has 2 aromatic rings. The number of carbonyl (C=O) groups is 1. The molecule has 0 saturated heterocycles. The SMILES string of the molecule is COc1ccccc1C1CC(C(=O)O)Nc2ccc(Cl)cc21. The molecule has 2 N–H and O–H groups in total. The summed E-state index contributed by atoms with van der Waals surface area (Å²) in [6.07, 6.45) is 0.447. The van der Waals surface area contributed by atoms with Gasteiger partial charge in [-0.1, -0.05) is 29.8 Å². The van der Waals surface area contributed by atoms with Gasteiger partial charge in [-0.2, -0.15) is 0 Å². The predicted octanol–water partition coefficient (Wildman–Crippen LogP) is 3.75. The van der Waals surface area contributed by atoms with Crippen LogP contribution < -0.4 is 10.1 Å². The summed E-state index contributed by atoms with van der Waals surface area (Å²) in [4.78, 5) is 11.4. The van der Waals surface area contributed by atoms with Gasteiger partial charge in [0.15, 0.2) is 0 Å². The van der Waals surface area contributed by atoms with Gasteiger partial charge >= 0.3 is 5.97 Å². The summed E-state index contributed by atoms with van der Waals surface area (Å²) in [5.74, 6) is -0.183. The molecule has 2 unspecified atom stereocenters. The van der Waals surface area contributed by atoms with Crippen molar-refractivity contribution in [3.63, 3.8) is 0 Å². The molecule has 114 valence electrons. The van der Waals surface area contributed by atoms with E-state index in [-0.39, 0.29) is 5.92 Å². The molecule has 0 aliphatic carbocycles. The van der Waals surface area contributed by atoms with Crippen LogP contribution in [0.5, 0.6) is 5.75 Å². The van der Waals surface area contributed by atoms with Crippen molar-refractivity contribution in [2.45, 2.75) is 18.4 Å². The summed E-state index contributed by atoms with van der Waals surface area (Å²) in [5, 5.41) is 13.1. The fraction of sp³-hybridized carbons (Fsp3) is 0.235. The van der Waals surface area contributed by atoms with Gasteiger partial charge in [0.05, 0.1) is 7.11 Å². The summed E-state index contributed by atoms with van der Waals surface area (Å²) < 4.78 is 5.44. The van der Waals surface area contributed by atoms with Gasteiger partial charge in [-0.15, -0.1) is 0 Å². The third-order valence-electron chi connectivity index (χ3n) is 4.00. The van der Waals surface area contributed by atoms with Crippen molar-refractivity contribution >= 4 is 23.3 Å². The largest absolute Gasteiger partial charge is 0.496 e. The smallest absolute Gasteiger partial charge is 0.326 e. The molecular formula is C17H16ClNO3. The molecule has 2 atom stereocenters. The maximum Gasteiger partial charge on any atom is 0.326 e. The average molecular weight is 318 g/mol. The second kappa shape index (κ2) is 5.89. The van der Waals surface area contributed by atoms with Crippen LogP contribution in [0.15, 0.2) is 42.5 Å². The van der Waals surface area contributed by atoms with Crippen molar-refractivity contribution in [2.75, 3.05) is 12.4 Å². The van der Waals surface area contributed by atoms with Crippen LogP contribution in [0.25, 0.3) is 0 Å². The number of methoxy groups -OCH3 is 1. The Kier molecular flexibility index (Phi) is 3.94. The minimum atomic E-state index is -0.861. The Morgan fingerprint density at radius 2 is 2.05 bits per heavy atom. The Morgan fingerprint density at radius 3 is 2.77 bits per heavy atom. The van der Waals surface area contributed by atoms with Crippen LogP contribution in [-0.2, 0) is 4.79 Å². The number of ether oxygens (including phenoxy) is 1. The standard InChI is InChI=1S/C17H16ClNO3/c1-22-16-5-3-2-4-11(16)12-9-15(17(20)21)19-14-7-6-10(18)8-13(12)14/h2-8,12,15,19H,9H2,1H3,(H,20,21). The first-order valence-electron chi connectivity index (χ1n) is 7.02. The van der Waals surface area contributed by atoms with Gasteiger partial charge in [-0.3, -0.25) is 0 Å². The van der Waals surface area contributed by atoms with Crippen LogP contribution >= 0.6 is 11.6 Å². The Bertz CT molecular complexity index is 717. The van der Waals surface area contributed by atoms with Crippen LogP contribution in [0.1, 0.15) is 23.5 Å². The second-order valence-electron chi connectivity index (χ2n) is 5.30. The summed E-state index contributed by atoms with van der Waals surface area (Å²) in [6.45, 7) is 0. The van der Waals surface area contributed by atoms with E-state index < -0.39 is 12.0 Å². The normalized spacial score (nSPS) is 19.9. The number of anilines is 1. The molecule has 1 heterocycles. The third-order valence-corrected chi connectivity index (χ3v) is 4.24. The molecule has 0 saturated carbocycles. The molecule has 1 aliphatic heterocycles. The Hall–Kier alpha value is -2.20. The summed E-state index contributed by atoms with van der Waals surface area (Å²) in [7, 11) is 1.62. The monoisotopic (exact) mass is 317 g/mol. The van der Waals surface area contributed by atoms with Gasteiger partial charge in [0.25, 0.3) is 0 Å². The molecule has 0 aromatic heterocycles. The van der Waals surface area contributed by atoms with Gasteiger partial charge in [0.1, 0.15) is 11.8 Å². The van der Waals surface area contributed by atoms with Crippen LogP contribution in [0.3, 0.4) is 0 Å². The third kappa shape index (κ3) is 2.62. The van der Waals surface area contributed by atoms with Gasteiger partial charge in [-0.25, -0.2) is 4.79 Å². The number of aliphatic carboxylic acids is 1. The lowest BCUT2D eigenvalue weighted by Crippen LogP contribution is -2.35. The van der Waals surface area contributed by atoms with Gasteiger partial charge < -0.3 is 15.2 Å². The fourth-order valence-corrected chi connectivity index (χ4v) is 3.15. The van der Waals surface area contributed by atoms with Gasteiger partial charge in [-0.05, 0) is 36.2 Å². The number of halogens is 1. The van der Waals surface area contributed by atoms with Gasteiger partial charge in [0.2, 0.25) is 0 Å². The number of carboxylic acid groups (broad SMARTS) is 1. The van der Waals surface area contributed by atoms with E-state index in [9.17, 15) is 9.90 Å². The number of benzene rings is 2. The van der Waals surface area contributed by atoms with Crippen molar-refractivity contribution in [2.24, 2.45) is 0 Å². The maximum absolute atomic E-state index is 11.4. The van der Waals surface area contributed by atoms with Crippen molar-refractivity contribution in [3.8, 4) is 5.75 Å². The Labute approximate surface area is 133 Å². The van der Waals surface area contributed by atoms with E-state index in [0.717, 1.165) is 22.6 Å². The van der Waals surface area contributed by atoms with Crippen molar-refractivity contribution < 1.29 is 14.6 Å². The molecule has 1 aliphatic rings.